The molecule has 0 N–H and O–H groups in total. The molecule has 2 nitrogen and oxygen atoms in total. The molecule has 0 fully saturated rings. The normalized spacial score (nSPS) is 28.8. The molecule has 0 aromatic carbocycles. The molecule has 0 saturated heterocycles. The highest BCUT2D eigenvalue weighted by Crippen LogP contribution is 2.20. The number of ether oxygens (including phenoxy) is 1. The summed E-state index contributed by atoms with van der Waals surface area (Å²) in [6, 6.07) is 0. The standard InChI is InChI=1S/C10H15NO/c1-4-6-9-11-8-7-10(3,5-2)12-9/h4,6-8H,5H2,1-3H3. The quantitative estimate of drug-likeness (QED) is 0.616. The van der Waals surface area contributed by atoms with Crippen molar-refractivity contribution in [3.05, 3.63) is 24.4 Å². The SMILES string of the molecule is CC=CC1=NC=CC(C)(CC)O1. The molecule has 1 heterocycles. The van der Waals surface area contributed by atoms with Crippen molar-refractivity contribution in [2.75, 3.05) is 0 Å². The van der Waals surface area contributed by atoms with Crippen LogP contribution in [0.3, 0.4) is 0 Å². The first-order chi connectivity index (χ1) is 5.70. The number of nitrogens with zero attached hydrogens (tertiary/aromatic N) is 1. The summed E-state index contributed by atoms with van der Waals surface area (Å²) < 4.78 is 5.64. The Morgan fingerprint density at radius 3 is 3.00 bits per heavy atom. The van der Waals surface area contributed by atoms with Crippen LogP contribution in [0.1, 0.15) is 27.2 Å². The third-order valence-corrected chi connectivity index (χ3v) is 1.98. The topological polar surface area (TPSA) is 21.6 Å². The molecule has 66 valence electrons. The van der Waals surface area contributed by atoms with Crippen LogP contribution in [0.5, 0.6) is 0 Å². The van der Waals surface area contributed by atoms with Gasteiger partial charge in [-0.15, -0.1) is 0 Å². The van der Waals surface area contributed by atoms with Crippen molar-refractivity contribution in [3.8, 4) is 0 Å². The summed E-state index contributed by atoms with van der Waals surface area (Å²) >= 11 is 0. The third-order valence-electron chi connectivity index (χ3n) is 1.98. The van der Waals surface area contributed by atoms with Gasteiger partial charge in [0.2, 0.25) is 5.90 Å². The zero-order chi connectivity index (χ0) is 9.03. The van der Waals surface area contributed by atoms with E-state index in [4.69, 9.17) is 4.74 Å². The third kappa shape index (κ3) is 1.97. The fourth-order valence-corrected chi connectivity index (χ4v) is 0.977. The van der Waals surface area contributed by atoms with Crippen LogP contribution in [0.4, 0.5) is 0 Å². The minimum absolute atomic E-state index is 0.170. The Morgan fingerprint density at radius 2 is 2.42 bits per heavy atom. The van der Waals surface area contributed by atoms with Gasteiger partial charge < -0.3 is 4.74 Å². The molecule has 1 atom stereocenters. The number of hydrogen-bond acceptors (Lipinski definition) is 2. The van der Waals surface area contributed by atoms with E-state index < -0.39 is 0 Å². The van der Waals surface area contributed by atoms with E-state index in [2.05, 4.69) is 18.8 Å². The van der Waals surface area contributed by atoms with Gasteiger partial charge in [0, 0.05) is 6.20 Å². The van der Waals surface area contributed by atoms with Gasteiger partial charge in [-0.1, -0.05) is 13.0 Å². The van der Waals surface area contributed by atoms with Crippen molar-refractivity contribution in [1.82, 2.24) is 0 Å². The zero-order valence-electron chi connectivity index (χ0n) is 7.87. The lowest BCUT2D eigenvalue weighted by atomic mass is 10.0. The Morgan fingerprint density at radius 1 is 1.67 bits per heavy atom. The van der Waals surface area contributed by atoms with Gasteiger partial charge in [0.15, 0.2) is 0 Å². The summed E-state index contributed by atoms with van der Waals surface area (Å²) in [5, 5.41) is 0. The van der Waals surface area contributed by atoms with Crippen LogP contribution >= 0.6 is 0 Å². The Hall–Kier alpha value is -1.05. The van der Waals surface area contributed by atoms with Crippen LogP contribution in [-0.4, -0.2) is 11.5 Å². The van der Waals surface area contributed by atoms with Crippen LogP contribution in [-0.2, 0) is 4.74 Å². The average molecular weight is 165 g/mol. The van der Waals surface area contributed by atoms with E-state index in [0.717, 1.165) is 6.42 Å². The minimum atomic E-state index is -0.170. The van der Waals surface area contributed by atoms with Gasteiger partial charge in [-0.05, 0) is 32.4 Å². The van der Waals surface area contributed by atoms with Crippen LogP contribution in [0.25, 0.3) is 0 Å². The summed E-state index contributed by atoms with van der Waals surface area (Å²) in [4.78, 5) is 4.09. The second-order valence-corrected chi connectivity index (χ2v) is 3.05. The molecular formula is C10H15NO. The van der Waals surface area contributed by atoms with Crippen molar-refractivity contribution in [1.29, 1.82) is 0 Å². The molecule has 0 amide bonds. The Bertz CT molecular complexity index is 240. The molecule has 0 aliphatic carbocycles. The molecule has 1 rings (SSSR count). The number of rotatable bonds is 2. The van der Waals surface area contributed by atoms with Crippen molar-refractivity contribution < 1.29 is 4.74 Å². The molecule has 0 spiro atoms. The van der Waals surface area contributed by atoms with Crippen LogP contribution in [0, 0.1) is 0 Å². The lowest BCUT2D eigenvalue weighted by Crippen LogP contribution is -2.29. The average Bonchev–Trinajstić information content (AvgIpc) is 2.05. The van der Waals surface area contributed by atoms with Crippen molar-refractivity contribution in [2.45, 2.75) is 32.8 Å². The van der Waals surface area contributed by atoms with Gasteiger partial charge in [-0.25, -0.2) is 4.99 Å². The van der Waals surface area contributed by atoms with Gasteiger partial charge in [0.25, 0.3) is 0 Å². The fraction of sp³-hybridized carbons (Fsp3) is 0.500. The maximum Gasteiger partial charge on any atom is 0.213 e. The highest BCUT2D eigenvalue weighted by atomic mass is 16.5. The fourth-order valence-electron chi connectivity index (χ4n) is 0.977. The van der Waals surface area contributed by atoms with Gasteiger partial charge >= 0.3 is 0 Å². The van der Waals surface area contributed by atoms with Crippen molar-refractivity contribution in [2.24, 2.45) is 4.99 Å². The number of aliphatic imine (C=N–C) groups is 1. The summed E-state index contributed by atoms with van der Waals surface area (Å²) in [7, 11) is 0. The smallest absolute Gasteiger partial charge is 0.213 e. The minimum Gasteiger partial charge on any atom is -0.467 e. The second-order valence-electron chi connectivity index (χ2n) is 3.05. The molecular weight excluding hydrogens is 150 g/mol. The summed E-state index contributed by atoms with van der Waals surface area (Å²) in [6.45, 7) is 6.11. The molecule has 12 heavy (non-hydrogen) atoms. The van der Waals surface area contributed by atoms with Crippen LogP contribution in [0.15, 0.2) is 29.4 Å². The number of hydrogen-bond donors (Lipinski definition) is 0. The van der Waals surface area contributed by atoms with E-state index in [1.807, 2.05) is 31.4 Å². The molecule has 2 heteroatoms. The van der Waals surface area contributed by atoms with E-state index in [-0.39, 0.29) is 5.60 Å². The van der Waals surface area contributed by atoms with Crippen LogP contribution < -0.4 is 0 Å². The van der Waals surface area contributed by atoms with Gasteiger partial charge in [-0.3, -0.25) is 0 Å². The van der Waals surface area contributed by atoms with E-state index in [1.54, 1.807) is 0 Å². The maximum atomic E-state index is 5.64. The van der Waals surface area contributed by atoms with E-state index in [0.29, 0.717) is 5.90 Å². The predicted molar refractivity (Wildman–Crippen MR) is 51.2 cm³/mol. The number of allylic oxidation sites excluding steroid dienone is 1. The molecule has 0 bridgehead atoms. The van der Waals surface area contributed by atoms with Gasteiger partial charge in [-0.2, -0.15) is 0 Å². The Kier molecular flexibility index (Phi) is 2.69. The second kappa shape index (κ2) is 3.57. The summed E-state index contributed by atoms with van der Waals surface area (Å²) in [6.07, 6.45) is 8.55. The maximum absolute atomic E-state index is 5.64. The summed E-state index contributed by atoms with van der Waals surface area (Å²) in [5.41, 5.74) is -0.170. The lowest BCUT2D eigenvalue weighted by molar-refractivity contribution is 0.120. The zero-order valence-corrected chi connectivity index (χ0v) is 7.87. The molecule has 1 unspecified atom stereocenters. The van der Waals surface area contributed by atoms with Crippen molar-refractivity contribution in [3.63, 3.8) is 0 Å². The largest absolute Gasteiger partial charge is 0.467 e. The Labute approximate surface area is 73.6 Å². The molecule has 0 radical (unpaired) electrons. The highest BCUT2D eigenvalue weighted by Gasteiger charge is 2.23. The summed E-state index contributed by atoms with van der Waals surface area (Å²) in [5.74, 6) is 0.698. The van der Waals surface area contributed by atoms with Gasteiger partial charge in [0.05, 0.1) is 0 Å². The molecule has 0 aromatic rings. The van der Waals surface area contributed by atoms with E-state index in [1.165, 1.54) is 0 Å². The first kappa shape index (κ1) is 9.04. The van der Waals surface area contributed by atoms with Gasteiger partial charge in [0.1, 0.15) is 5.60 Å². The predicted octanol–water partition coefficient (Wildman–Crippen LogP) is 2.67. The Balaban J connectivity index is 2.73. The lowest BCUT2D eigenvalue weighted by Gasteiger charge is -2.27. The first-order valence-electron chi connectivity index (χ1n) is 4.27. The van der Waals surface area contributed by atoms with E-state index >= 15 is 0 Å². The monoisotopic (exact) mass is 165 g/mol. The van der Waals surface area contributed by atoms with E-state index in [9.17, 15) is 0 Å². The molecule has 0 saturated carbocycles. The highest BCUT2D eigenvalue weighted by molar-refractivity contribution is 5.89. The molecule has 1 aliphatic rings. The molecule has 0 aromatic heterocycles. The van der Waals surface area contributed by atoms with Crippen molar-refractivity contribution >= 4 is 5.90 Å². The molecule has 1 aliphatic heterocycles. The van der Waals surface area contributed by atoms with Crippen LogP contribution in [0.2, 0.25) is 0 Å². The first-order valence-corrected chi connectivity index (χ1v) is 4.27.